The van der Waals surface area contributed by atoms with Gasteiger partial charge in [-0.25, -0.2) is 4.21 Å². The molecule has 0 spiro atoms. The van der Waals surface area contributed by atoms with Crippen molar-refractivity contribution in [3.63, 3.8) is 0 Å². The van der Waals surface area contributed by atoms with Crippen molar-refractivity contribution in [3.8, 4) is 0 Å². The van der Waals surface area contributed by atoms with Gasteiger partial charge in [0.1, 0.15) is 0 Å². The maximum absolute atomic E-state index is 13.3. The van der Waals surface area contributed by atoms with Crippen LogP contribution in [0.5, 0.6) is 0 Å². The van der Waals surface area contributed by atoms with E-state index in [9.17, 15) is 13.8 Å². The zero-order valence-corrected chi connectivity index (χ0v) is 19.3. The number of hydrogen-bond acceptors (Lipinski definition) is 4. The molecule has 2 heterocycles. The molecule has 5 rings (SSSR count). The van der Waals surface area contributed by atoms with Crippen LogP contribution in [0.3, 0.4) is 0 Å². The predicted octanol–water partition coefficient (Wildman–Crippen LogP) is 3.80. The van der Waals surface area contributed by atoms with Crippen LogP contribution in [0.2, 0.25) is 0 Å². The highest BCUT2D eigenvalue weighted by Gasteiger charge is 2.31. The second-order valence-electron chi connectivity index (χ2n) is 8.11. The maximum atomic E-state index is 13.3. The average molecular weight is 460 g/mol. The summed E-state index contributed by atoms with van der Waals surface area (Å²) in [6.45, 7) is 5.08. The molecule has 3 aromatic carbocycles. The van der Waals surface area contributed by atoms with Crippen molar-refractivity contribution in [1.82, 2.24) is 4.90 Å². The number of benzene rings is 3. The lowest BCUT2D eigenvalue weighted by Crippen LogP contribution is -2.48. The molecule has 1 atom stereocenters. The van der Waals surface area contributed by atoms with E-state index in [1.165, 1.54) is 0 Å². The predicted molar refractivity (Wildman–Crippen MR) is 129 cm³/mol. The molecule has 1 fully saturated rings. The second kappa shape index (κ2) is 8.83. The molecular weight excluding hydrogens is 434 g/mol. The number of carbonyl (C=O) groups is 2. The molecule has 7 heteroatoms. The molecule has 2 aliphatic heterocycles. The fraction of sp³-hybridized carbons (Fsp3) is 0.231. The first-order valence-corrected chi connectivity index (χ1v) is 12.3. The minimum absolute atomic E-state index is 0.0680. The number of hydrogen-bond donors (Lipinski definition) is 0. The molecule has 6 nitrogen and oxygen atoms in total. The minimum Gasteiger partial charge on any atom is -0.368 e. The zero-order chi connectivity index (χ0) is 22.9. The van der Waals surface area contributed by atoms with Gasteiger partial charge < -0.3 is 14.7 Å². The Kier molecular flexibility index (Phi) is 5.72. The first-order valence-electron chi connectivity index (χ1n) is 11.1. The summed E-state index contributed by atoms with van der Waals surface area (Å²) in [6, 6.07) is 22.4. The third kappa shape index (κ3) is 3.82. The highest BCUT2D eigenvalue weighted by molar-refractivity contribution is 7.85. The smallest absolute Gasteiger partial charge is 0.259 e. The summed E-state index contributed by atoms with van der Waals surface area (Å²) in [5.41, 5.74) is 2.66. The number of fused-ring (bicyclic) bond motifs is 2. The van der Waals surface area contributed by atoms with Gasteiger partial charge in [0.2, 0.25) is 0 Å². The van der Waals surface area contributed by atoms with Gasteiger partial charge in [-0.15, -0.1) is 0 Å². The fourth-order valence-electron chi connectivity index (χ4n) is 4.50. The molecule has 0 N–H and O–H groups in total. The molecule has 0 bridgehead atoms. The largest absolute Gasteiger partial charge is 0.368 e. The minimum atomic E-state index is -1.50. The molecule has 1 saturated heterocycles. The number of para-hydroxylation sites is 1. The number of rotatable bonds is 3. The monoisotopic (exact) mass is 459 g/mol. The Labute approximate surface area is 195 Å². The maximum Gasteiger partial charge on any atom is 0.259 e. The Hall–Kier alpha value is -3.45. The van der Waals surface area contributed by atoms with Crippen molar-refractivity contribution >= 4 is 34.0 Å². The van der Waals surface area contributed by atoms with Crippen LogP contribution in [0.15, 0.2) is 82.6 Å². The van der Waals surface area contributed by atoms with E-state index in [0.29, 0.717) is 46.2 Å². The Morgan fingerprint density at radius 2 is 1.58 bits per heavy atom. The molecule has 33 heavy (non-hydrogen) atoms. The van der Waals surface area contributed by atoms with E-state index in [4.69, 9.17) is 0 Å². The molecule has 0 saturated carbocycles. The molecule has 0 aromatic heterocycles. The summed E-state index contributed by atoms with van der Waals surface area (Å²) >= 11 is 0. The van der Waals surface area contributed by atoms with Crippen LogP contribution in [-0.4, -0.2) is 53.6 Å². The van der Waals surface area contributed by atoms with E-state index in [0.717, 1.165) is 18.8 Å². The first kappa shape index (κ1) is 21.4. The van der Waals surface area contributed by atoms with Crippen LogP contribution in [0.1, 0.15) is 27.6 Å². The van der Waals surface area contributed by atoms with Crippen molar-refractivity contribution in [3.05, 3.63) is 83.9 Å². The molecular formula is C26H25N3O3S. The van der Waals surface area contributed by atoms with Crippen LogP contribution in [0.4, 0.5) is 11.4 Å². The molecule has 168 valence electrons. The van der Waals surface area contributed by atoms with Crippen molar-refractivity contribution in [2.75, 3.05) is 42.5 Å². The first-order chi connectivity index (χ1) is 16.1. The van der Waals surface area contributed by atoms with Crippen LogP contribution in [0.25, 0.3) is 0 Å². The van der Waals surface area contributed by atoms with Crippen molar-refractivity contribution < 1.29 is 13.8 Å². The van der Waals surface area contributed by atoms with Gasteiger partial charge in [0, 0.05) is 44.0 Å². The quantitative estimate of drug-likeness (QED) is 0.598. The Balaban J connectivity index is 1.42. The standard InChI is InChI=1S/C26H25N3O3S/c1-2-29-22-18-19(12-13-24(22)33(32)23-11-7-6-10-21(23)26(29)31)25(30)28-16-14-27(15-17-28)20-8-4-3-5-9-20/h3-13,18H,2,14-17H2,1H3/t33-/m1/s1. The van der Waals surface area contributed by atoms with E-state index >= 15 is 0 Å². The molecule has 2 amide bonds. The lowest BCUT2D eigenvalue weighted by molar-refractivity contribution is 0.0746. The average Bonchev–Trinajstić information content (AvgIpc) is 2.97. The Morgan fingerprint density at radius 1 is 0.879 bits per heavy atom. The summed E-state index contributed by atoms with van der Waals surface area (Å²) in [7, 11) is -1.50. The molecule has 0 radical (unpaired) electrons. The summed E-state index contributed by atoms with van der Waals surface area (Å²) < 4.78 is 13.3. The van der Waals surface area contributed by atoms with Gasteiger partial charge in [0.05, 0.1) is 31.8 Å². The molecule has 3 aromatic rings. The molecule has 0 unspecified atom stereocenters. The molecule has 2 aliphatic rings. The number of piperazine rings is 1. The Morgan fingerprint density at radius 3 is 2.30 bits per heavy atom. The lowest BCUT2D eigenvalue weighted by Gasteiger charge is -2.36. The van der Waals surface area contributed by atoms with E-state index < -0.39 is 10.8 Å². The number of anilines is 2. The molecule has 0 aliphatic carbocycles. The normalized spacial score (nSPS) is 17.9. The summed E-state index contributed by atoms with van der Waals surface area (Å²) in [6.07, 6.45) is 0. The summed E-state index contributed by atoms with van der Waals surface area (Å²) in [5, 5.41) is 0. The topological polar surface area (TPSA) is 60.9 Å². The van der Waals surface area contributed by atoms with Gasteiger partial charge >= 0.3 is 0 Å². The van der Waals surface area contributed by atoms with Crippen LogP contribution in [-0.2, 0) is 10.8 Å². The van der Waals surface area contributed by atoms with E-state index in [1.807, 2.05) is 30.0 Å². The van der Waals surface area contributed by atoms with Gasteiger partial charge in [-0.05, 0) is 49.4 Å². The van der Waals surface area contributed by atoms with E-state index in [2.05, 4.69) is 17.0 Å². The third-order valence-corrected chi connectivity index (χ3v) is 7.76. The summed E-state index contributed by atoms with van der Waals surface area (Å²) in [5.74, 6) is -0.261. The van der Waals surface area contributed by atoms with Gasteiger partial charge in [0.25, 0.3) is 11.8 Å². The van der Waals surface area contributed by atoms with Crippen LogP contribution in [0, 0.1) is 0 Å². The van der Waals surface area contributed by atoms with Gasteiger partial charge in [-0.3, -0.25) is 9.59 Å². The Bertz CT molecular complexity index is 1240. The fourth-order valence-corrected chi connectivity index (χ4v) is 5.84. The van der Waals surface area contributed by atoms with Gasteiger partial charge in [-0.1, -0.05) is 30.3 Å². The highest BCUT2D eigenvalue weighted by atomic mass is 32.2. The summed E-state index contributed by atoms with van der Waals surface area (Å²) in [4.78, 5) is 33.3. The van der Waals surface area contributed by atoms with Crippen molar-refractivity contribution in [2.24, 2.45) is 0 Å². The zero-order valence-electron chi connectivity index (χ0n) is 18.4. The third-order valence-electron chi connectivity index (χ3n) is 6.26. The van der Waals surface area contributed by atoms with Gasteiger partial charge in [0.15, 0.2) is 0 Å². The van der Waals surface area contributed by atoms with Crippen molar-refractivity contribution in [1.29, 1.82) is 0 Å². The van der Waals surface area contributed by atoms with Crippen LogP contribution >= 0.6 is 0 Å². The van der Waals surface area contributed by atoms with E-state index in [1.54, 1.807) is 47.4 Å². The van der Waals surface area contributed by atoms with Crippen LogP contribution < -0.4 is 9.80 Å². The number of carbonyl (C=O) groups excluding carboxylic acids is 2. The number of nitrogens with zero attached hydrogens (tertiary/aromatic N) is 3. The van der Waals surface area contributed by atoms with Crippen molar-refractivity contribution in [2.45, 2.75) is 16.7 Å². The highest BCUT2D eigenvalue weighted by Crippen LogP contribution is 2.35. The second-order valence-corrected chi connectivity index (χ2v) is 9.53. The van der Waals surface area contributed by atoms with Gasteiger partial charge in [-0.2, -0.15) is 0 Å². The number of amides is 2. The lowest BCUT2D eigenvalue weighted by atomic mass is 10.1. The SMILES string of the molecule is CCN1C(=O)c2ccccc2[S@@](=O)c2ccc(C(=O)N3CCN(c4ccccc4)CC3)cc21. The van der Waals surface area contributed by atoms with E-state index in [-0.39, 0.29) is 11.8 Å².